The molecule has 1 fully saturated rings. The lowest BCUT2D eigenvalue weighted by molar-refractivity contribution is -0.118. The number of carbonyl (C=O) groups excluding carboxylic acids is 1. The Kier molecular flexibility index (Phi) is 7.70. The highest BCUT2D eigenvalue weighted by molar-refractivity contribution is 5.93. The molecule has 0 spiro atoms. The van der Waals surface area contributed by atoms with Crippen molar-refractivity contribution in [1.29, 1.82) is 0 Å². The molecular formula is C25H34N2O2. The number of methoxy groups -OCH3 is 1. The maximum Gasteiger partial charge on any atom is 0.226 e. The van der Waals surface area contributed by atoms with E-state index in [1.54, 1.807) is 7.11 Å². The van der Waals surface area contributed by atoms with Crippen molar-refractivity contribution in [2.24, 2.45) is 5.92 Å². The second-order valence-electron chi connectivity index (χ2n) is 8.07. The van der Waals surface area contributed by atoms with Gasteiger partial charge < -0.3 is 9.64 Å². The summed E-state index contributed by atoms with van der Waals surface area (Å²) in [6.07, 6.45) is 4.14. The molecule has 1 aliphatic rings. The fraction of sp³-hybridized carbons (Fsp3) is 0.480. The van der Waals surface area contributed by atoms with E-state index in [4.69, 9.17) is 4.74 Å². The molecule has 4 heteroatoms. The number of hydrogen-bond acceptors (Lipinski definition) is 3. The number of hydrogen-bond donors (Lipinski definition) is 0. The fourth-order valence-corrected chi connectivity index (χ4v) is 4.23. The minimum Gasteiger partial charge on any atom is -0.497 e. The number of rotatable bonds is 8. The largest absolute Gasteiger partial charge is 0.497 e. The van der Waals surface area contributed by atoms with E-state index in [-0.39, 0.29) is 5.91 Å². The Morgan fingerprint density at radius 2 is 1.76 bits per heavy atom. The summed E-state index contributed by atoms with van der Waals surface area (Å²) in [6.45, 7) is 7.11. The van der Waals surface area contributed by atoms with E-state index in [2.05, 4.69) is 42.2 Å². The Hall–Kier alpha value is -2.33. The molecule has 0 bridgehead atoms. The van der Waals surface area contributed by atoms with Crippen LogP contribution in [0, 0.1) is 5.92 Å². The molecule has 156 valence electrons. The van der Waals surface area contributed by atoms with Crippen molar-refractivity contribution in [3.63, 3.8) is 0 Å². The average molecular weight is 395 g/mol. The van der Waals surface area contributed by atoms with Crippen molar-refractivity contribution >= 4 is 11.6 Å². The standard InChI is InChI=1S/C25H34N2O2/c1-4-25(28)27(23-10-12-24(29-3)13-11-23)19-20(2)26-16-14-22(15-17-26)18-21-8-6-5-7-9-21/h5-13,20,22H,4,14-19H2,1-3H3. The van der Waals surface area contributed by atoms with Crippen molar-refractivity contribution in [3.8, 4) is 5.75 Å². The van der Waals surface area contributed by atoms with Gasteiger partial charge in [-0.2, -0.15) is 0 Å². The van der Waals surface area contributed by atoms with Gasteiger partial charge in [-0.05, 0) is 75.0 Å². The maximum atomic E-state index is 12.6. The second-order valence-corrected chi connectivity index (χ2v) is 8.07. The number of nitrogens with zero attached hydrogens (tertiary/aromatic N) is 2. The highest BCUT2D eigenvalue weighted by Gasteiger charge is 2.26. The van der Waals surface area contributed by atoms with E-state index < -0.39 is 0 Å². The molecule has 1 atom stereocenters. The number of piperidine rings is 1. The van der Waals surface area contributed by atoms with Gasteiger partial charge in [0.15, 0.2) is 0 Å². The molecule has 2 aromatic rings. The Morgan fingerprint density at radius 1 is 1.10 bits per heavy atom. The fourth-order valence-electron chi connectivity index (χ4n) is 4.23. The summed E-state index contributed by atoms with van der Waals surface area (Å²) in [4.78, 5) is 17.1. The molecule has 1 amide bonds. The zero-order valence-electron chi connectivity index (χ0n) is 18.0. The SMILES string of the molecule is CCC(=O)N(CC(C)N1CCC(Cc2ccccc2)CC1)c1ccc(OC)cc1. The Labute approximate surface area is 175 Å². The van der Waals surface area contributed by atoms with Gasteiger partial charge in [0.1, 0.15) is 5.75 Å². The second kappa shape index (κ2) is 10.4. The number of anilines is 1. The van der Waals surface area contributed by atoms with Crippen LogP contribution in [0.15, 0.2) is 54.6 Å². The van der Waals surface area contributed by atoms with Crippen LogP contribution < -0.4 is 9.64 Å². The van der Waals surface area contributed by atoms with Gasteiger partial charge in [-0.3, -0.25) is 9.69 Å². The van der Waals surface area contributed by atoms with Crippen LogP contribution in [0.1, 0.15) is 38.7 Å². The van der Waals surface area contributed by atoms with E-state index >= 15 is 0 Å². The Bertz CT molecular complexity index is 752. The van der Waals surface area contributed by atoms with Crippen molar-refractivity contribution in [2.75, 3.05) is 31.6 Å². The van der Waals surface area contributed by atoms with Crippen molar-refractivity contribution < 1.29 is 9.53 Å². The third-order valence-corrected chi connectivity index (χ3v) is 6.07. The number of carbonyl (C=O) groups is 1. The lowest BCUT2D eigenvalue weighted by Gasteiger charge is -2.38. The molecular weight excluding hydrogens is 360 g/mol. The highest BCUT2D eigenvalue weighted by atomic mass is 16.5. The predicted octanol–water partition coefficient (Wildman–Crippen LogP) is 4.78. The summed E-state index contributed by atoms with van der Waals surface area (Å²) < 4.78 is 5.25. The number of ether oxygens (including phenoxy) is 1. The molecule has 2 aromatic carbocycles. The van der Waals surface area contributed by atoms with E-state index in [1.807, 2.05) is 36.1 Å². The van der Waals surface area contributed by atoms with Gasteiger partial charge in [0.05, 0.1) is 7.11 Å². The quantitative estimate of drug-likeness (QED) is 0.646. The molecule has 0 aromatic heterocycles. The van der Waals surface area contributed by atoms with E-state index in [0.29, 0.717) is 12.5 Å². The van der Waals surface area contributed by atoms with Gasteiger partial charge >= 0.3 is 0 Å². The smallest absolute Gasteiger partial charge is 0.226 e. The lowest BCUT2D eigenvalue weighted by atomic mass is 9.89. The first-order valence-corrected chi connectivity index (χ1v) is 10.8. The molecule has 1 unspecified atom stereocenters. The minimum atomic E-state index is 0.168. The summed E-state index contributed by atoms with van der Waals surface area (Å²) in [7, 11) is 1.66. The van der Waals surface area contributed by atoms with Crippen LogP contribution in [0.5, 0.6) is 5.75 Å². The molecule has 1 heterocycles. The number of amides is 1. The van der Waals surface area contributed by atoms with E-state index in [1.165, 1.54) is 24.8 Å². The molecule has 3 rings (SSSR count). The van der Waals surface area contributed by atoms with E-state index in [0.717, 1.165) is 37.0 Å². The van der Waals surface area contributed by atoms with Crippen LogP contribution in [0.3, 0.4) is 0 Å². The van der Waals surface area contributed by atoms with Gasteiger partial charge in [0.25, 0.3) is 0 Å². The maximum absolute atomic E-state index is 12.6. The van der Waals surface area contributed by atoms with Crippen molar-refractivity contribution in [2.45, 2.75) is 45.6 Å². The van der Waals surface area contributed by atoms with Crippen LogP contribution in [0.2, 0.25) is 0 Å². The third kappa shape index (κ3) is 5.83. The molecule has 4 nitrogen and oxygen atoms in total. The lowest BCUT2D eigenvalue weighted by Crippen LogP contribution is -2.47. The molecule has 1 aliphatic heterocycles. The molecule has 29 heavy (non-hydrogen) atoms. The minimum absolute atomic E-state index is 0.168. The van der Waals surface area contributed by atoms with Gasteiger partial charge in [-0.1, -0.05) is 37.3 Å². The number of likely N-dealkylation sites (tertiary alicyclic amines) is 1. The van der Waals surface area contributed by atoms with Gasteiger partial charge in [0.2, 0.25) is 5.91 Å². The van der Waals surface area contributed by atoms with Crippen LogP contribution >= 0.6 is 0 Å². The van der Waals surface area contributed by atoms with Crippen LogP contribution in [-0.4, -0.2) is 43.6 Å². The van der Waals surface area contributed by atoms with Gasteiger partial charge in [0, 0.05) is 24.7 Å². The zero-order valence-corrected chi connectivity index (χ0v) is 18.0. The molecule has 0 radical (unpaired) electrons. The first-order valence-electron chi connectivity index (χ1n) is 10.8. The van der Waals surface area contributed by atoms with Crippen LogP contribution in [0.25, 0.3) is 0 Å². The van der Waals surface area contributed by atoms with Crippen molar-refractivity contribution in [1.82, 2.24) is 4.90 Å². The first-order chi connectivity index (χ1) is 14.1. The average Bonchev–Trinajstić information content (AvgIpc) is 2.78. The zero-order chi connectivity index (χ0) is 20.6. The number of benzene rings is 2. The monoisotopic (exact) mass is 394 g/mol. The summed E-state index contributed by atoms with van der Waals surface area (Å²) in [6, 6.07) is 18.9. The third-order valence-electron chi connectivity index (χ3n) is 6.07. The summed E-state index contributed by atoms with van der Waals surface area (Å²) >= 11 is 0. The topological polar surface area (TPSA) is 32.8 Å². The molecule has 1 saturated heterocycles. The first kappa shape index (κ1) is 21.4. The van der Waals surface area contributed by atoms with Crippen molar-refractivity contribution in [3.05, 3.63) is 60.2 Å². The predicted molar refractivity (Wildman–Crippen MR) is 120 cm³/mol. The summed E-state index contributed by atoms with van der Waals surface area (Å²) in [5, 5.41) is 0. The molecule has 0 N–H and O–H groups in total. The summed E-state index contributed by atoms with van der Waals surface area (Å²) in [5.41, 5.74) is 2.39. The molecule has 0 aliphatic carbocycles. The normalized spacial score (nSPS) is 16.4. The highest BCUT2D eigenvalue weighted by Crippen LogP contribution is 2.25. The van der Waals surface area contributed by atoms with Gasteiger partial charge in [-0.25, -0.2) is 0 Å². The van der Waals surface area contributed by atoms with E-state index in [9.17, 15) is 4.79 Å². The Morgan fingerprint density at radius 3 is 2.34 bits per heavy atom. The van der Waals surface area contributed by atoms with Crippen LogP contribution in [0.4, 0.5) is 5.69 Å². The van der Waals surface area contributed by atoms with Crippen LogP contribution in [-0.2, 0) is 11.2 Å². The van der Waals surface area contributed by atoms with Gasteiger partial charge in [-0.15, -0.1) is 0 Å². The Balaban J connectivity index is 1.57. The summed E-state index contributed by atoms with van der Waals surface area (Å²) in [5.74, 6) is 1.74. The molecule has 0 saturated carbocycles.